The highest BCUT2D eigenvalue weighted by Crippen LogP contribution is 2.28. The molecule has 1 aliphatic heterocycles. The molecule has 0 radical (unpaired) electrons. The molecule has 0 bridgehead atoms. The average Bonchev–Trinajstić information content (AvgIpc) is 2.93. The van der Waals surface area contributed by atoms with Crippen LogP contribution in [0.1, 0.15) is 17.3 Å². The molecule has 0 saturated carbocycles. The van der Waals surface area contributed by atoms with E-state index in [9.17, 15) is 13.2 Å². The molecule has 1 fully saturated rings. The molecule has 4 aromatic rings. The number of ether oxygens (including phenoxy) is 1. The summed E-state index contributed by atoms with van der Waals surface area (Å²) in [5.41, 5.74) is 2.14. The quantitative estimate of drug-likeness (QED) is 0.368. The minimum absolute atomic E-state index is 0.156. The molecule has 2 heterocycles. The first-order valence-corrected chi connectivity index (χ1v) is 13.3. The van der Waals surface area contributed by atoms with Gasteiger partial charge in [-0.1, -0.05) is 42.5 Å². The van der Waals surface area contributed by atoms with Gasteiger partial charge in [0, 0.05) is 31.7 Å². The number of hydrogen-bond donors (Lipinski definition) is 0. The van der Waals surface area contributed by atoms with E-state index in [0.717, 1.165) is 27.8 Å². The fraction of sp³-hybridized carbons (Fsp3) is 0.222. The molecule has 0 amide bonds. The van der Waals surface area contributed by atoms with Gasteiger partial charge in [0.2, 0.25) is 10.0 Å². The molecular weight excluding hydrogens is 476 g/mol. The predicted molar refractivity (Wildman–Crippen MR) is 138 cm³/mol. The Kier molecular flexibility index (Phi) is 6.67. The van der Waals surface area contributed by atoms with Crippen molar-refractivity contribution in [2.75, 3.05) is 37.7 Å². The molecule has 1 aliphatic rings. The Morgan fingerprint density at radius 2 is 1.58 bits per heavy atom. The van der Waals surface area contributed by atoms with Crippen molar-refractivity contribution in [1.29, 1.82) is 0 Å². The molecule has 0 N–H and O–H groups in total. The summed E-state index contributed by atoms with van der Waals surface area (Å²) >= 11 is 0. The van der Waals surface area contributed by atoms with Gasteiger partial charge >= 0.3 is 5.97 Å². The molecule has 36 heavy (non-hydrogen) atoms. The van der Waals surface area contributed by atoms with Gasteiger partial charge in [-0.05, 0) is 54.1 Å². The molecule has 0 atom stereocenters. The van der Waals surface area contributed by atoms with Gasteiger partial charge in [0.05, 0.1) is 22.8 Å². The second kappa shape index (κ2) is 10.0. The van der Waals surface area contributed by atoms with Crippen molar-refractivity contribution >= 4 is 32.6 Å². The van der Waals surface area contributed by atoms with Gasteiger partial charge in [0.15, 0.2) is 5.82 Å². The number of nitrogens with zero attached hydrogens (tertiary/aromatic N) is 4. The normalized spacial score (nSPS) is 14.6. The van der Waals surface area contributed by atoms with Crippen LogP contribution in [0.25, 0.3) is 22.0 Å². The largest absolute Gasteiger partial charge is 0.462 e. The lowest BCUT2D eigenvalue weighted by atomic mass is 10.0. The van der Waals surface area contributed by atoms with Crippen LogP contribution < -0.4 is 4.90 Å². The minimum atomic E-state index is -3.67. The van der Waals surface area contributed by atoms with Crippen molar-refractivity contribution in [3.8, 4) is 11.3 Å². The van der Waals surface area contributed by atoms with E-state index in [2.05, 4.69) is 28.4 Å². The molecule has 0 unspecified atom stereocenters. The van der Waals surface area contributed by atoms with Gasteiger partial charge in [0.1, 0.15) is 0 Å². The Labute approximate surface area is 210 Å². The van der Waals surface area contributed by atoms with E-state index < -0.39 is 16.0 Å². The molecule has 9 heteroatoms. The van der Waals surface area contributed by atoms with Crippen LogP contribution in [0.15, 0.2) is 83.8 Å². The highest BCUT2D eigenvalue weighted by Gasteiger charge is 2.29. The fourth-order valence-corrected chi connectivity index (χ4v) is 5.79. The van der Waals surface area contributed by atoms with E-state index in [1.54, 1.807) is 6.92 Å². The summed E-state index contributed by atoms with van der Waals surface area (Å²) in [5.74, 6) is 0.248. The number of rotatable bonds is 6. The van der Waals surface area contributed by atoms with Gasteiger partial charge in [-0.2, -0.15) is 4.31 Å². The minimum Gasteiger partial charge on any atom is -0.462 e. The van der Waals surface area contributed by atoms with Crippen molar-refractivity contribution < 1.29 is 17.9 Å². The summed E-state index contributed by atoms with van der Waals surface area (Å²) < 4.78 is 32.6. The number of hydrogen-bond acceptors (Lipinski definition) is 7. The zero-order valence-electron chi connectivity index (χ0n) is 19.9. The second-order valence-corrected chi connectivity index (χ2v) is 10.4. The van der Waals surface area contributed by atoms with Crippen LogP contribution in [-0.2, 0) is 14.8 Å². The van der Waals surface area contributed by atoms with Crippen LogP contribution in [-0.4, -0.2) is 61.7 Å². The van der Waals surface area contributed by atoms with E-state index in [0.29, 0.717) is 31.7 Å². The first-order chi connectivity index (χ1) is 17.5. The molecule has 8 nitrogen and oxygen atoms in total. The van der Waals surface area contributed by atoms with Gasteiger partial charge in [0.25, 0.3) is 0 Å². The van der Waals surface area contributed by atoms with Crippen molar-refractivity contribution in [2.24, 2.45) is 0 Å². The molecular formula is C27H26N4O4S. The van der Waals surface area contributed by atoms with Crippen molar-refractivity contribution in [1.82, 2.24) is 14.5 Å². The molecule has 0 spiro atoms. The van der Waals surface area contributed by atoms with E-state index >= 15 is 0 Å². The number of anilines is 1. The van der Waals surface area contributed by atoms with Crippen LogP contribution in [0.2, 0.25) is 0 Å². The standard InChI is InChI=1S/C27H26N4O4S/c1-2-35-27(32)21-10-12-22(13-11-21)36(33,34)31-18-16-30(17-19-31)26-15-14-25(28-29-26)24-9-5-7-20-6-3-4-8-23(20)24/h3-15H,2,16-19H2,1H3. The average molecular weight is 503 g/mol. The van der Waals surface area contributed by atoms with Crippen LogP contribution in [0.5, 0.6) is 0 Å². The van der Waals surface area contributed by atoms with Crippen LogP contribution >= 0.6 is 0 Å². The van der Waals surface area contributed by atoms with Gasteiger partial charge < -0.3 is 9.64 Å². The Morgan fingerprint density at radius 3 is 2.28 bits per heavy atom. The first-order valence-electron chi connectivity index (χ1n) is 11.8. The summed E-state index contributed by atoms with van der Waals surface area (Å²) in [5, 5.41) is 11.2. The molecule has 5 rings (SSSR count). The topological polar surface area (TPSA) is 92.7 Å². The van der Waals surface area contributed by atoms with E-state index in [4.69, 9.17) is 4.74 Å². The van der Waals surface area contributed by atoms with Gasteiger partial charge in [-0.25, -0.2) is 13.2 Å². The van der Waals surface area contributed by atoms with E-state index in [1.165, 1.54) is 28.6 Å². The number of aromatic nitrogens is 2. The zero-order chi connectivity index (χ0) is 25.1. The molecule has 3 aromatic carbocycles. The third-order valence-corrected chi connectivity index (χ3v) is 8.19. The Morgan fingerprint density at radius 1 is 0.861 bits per heavy atom. The fourth-order valence-electron chi connectivity index (χ4n) is 4.37. The molecule has 1 aromatic heterocycles. The number of piperazine rings is 1. The summed E-state index contributed by atoms with van der Waals surface area (Å²) in [6.45, 7) is 3.65. The smallest absolute Gasteiger partial charge is 0.338 e. The van der Waals surface area contributed by atoms with Crippen molar-refractivity contribution in [3.63, 3.8) is 0 Å². The number of esters is 1. The maximum atomic E-state index is 13.1. The zero-order valence-corrected chi connectivity index (χ0v) is 20.7. The van der Waals surface area contributed by atoms with E-state index in [1.807, 2.05) is 41.3 Å². The van der Waals surface area contributed by atoms with Crippen molar-refractivity contribution in [2.45, 2.75) is 11.8 Å². The monoisotopic (exact) mass is 502 g/mol. The summed E-state index contributed by atoms with van der Waals surface area (Å²) in [7, 11) is -3.67. The lowest BCUT2D eigenvalue weighted by Gasteiger charge is -2.34. The molecule has 0 aliphatic carbocycles. The molecule has 1 saturated heterocycles. The summed E-state index contributed by atoms with van der Waals surface area (Å²) in [6, 6.07) is 24.0. The lowest BCUT2D eigenvalue weighted by molar-refractivity contribution is 0.0526. The summed E-state index contributed by atoms with van der Waals surface area (Å²) in [4.78, 5) is 14.0. The number of carbonyl (C=O) groups is 1. The number of benzene rings is 3. The number of carbonyl (C=O) groups excluding carboxylic acids is 1. The maximum Gasteiger partial charge on any atom is 0.338 e. The molecule has 184 valence electrons. The predicted octanol–water partition coefficient (Wildman–Crippen LogP) is 3.98. The Hall–Kier alpha value is -3.82. The third kappa shape index (κ3) is 4.67. The highest BCUT2D eigenvalue weighted by atomic mass is 32.2. The number of fused-ring (bicyclic) bond motifs is 1. The van der Waals surface area contributed by atoms with Crippen LogP contribution in [0.3, 0.4) is 0 Å². The third-order valence-electron chi connectivity index (χ3n) is 6.28. The van der Waals surface area contributed by atoms with Gasteiger partial charge in [-0.15, -0.1) is 10.2 Å². The Balaban J connectivity index is 1.26. The number of sulfonamides is 1. The van der Waals surface area contributed by atoms with Crippen molar-refractivity contribution in [3.05, 3.63) is 84.4 Å². The lowest BCUT2D eigenvalue weighted by Crippen LogP contribution is -2.49. The second-order valence-electron chi connectivity index (χ2n) is 8.44. The van der Waals surface area contributed by atoms with E-state index in [-0.39, 0.29) is 11.5 Å². The summed E-state index contributed by atoms with van der Waals surface area (Å²) in [6.07, 6.45) is 0. The Bertz CT molecular complexity index is 1480. The van der Waals surface area contributed by atoms with Crippen LogP contribution in [0.4, 0.5) is 5.82 Å². The van der Waals surface area contributed by atoms with Gasteiger partial charge in [-0.3, -0.25) is 0 Å². The maximum absolute atomic E-state index is 13.1. The SMILES string of the molecule is CCOC(=O)c1ccc(S(=O)(=O)N2CCN(c3ccc(-c4cccc5ccccc45)nn3)CC2)cc1. The van der Waals surface area contributed by atoms with Crippen LogP contribution in [0, 0.1) is 0 Å². The first kappa shape index (κ1) is 23.9. The highest BCUT2D eigenvalue weighted by molar-refractivity contribution is 7.89.